The lowest BCUT2D eigenvalue weighted by Gasteiger charge is -2.27. The van der Waals surface area contributed by atoms with Gasteiger partial charge in [0.2, 0.25) is 0 Å². The summed E-state index contributed by atoms with van der Waals surface area (Å²) in [7, 11) is 0. The molecule has 2 N–H and O–H groups in total. The number of aromatic carboxylic acids is 1. The summed E-state index contributed by atoms with van der Waals surface area (Å²) in [5.74, 6) is -0.510. The first-order chi connectivity index (χ1) is 13.1. The molecule has 142 valence electrons. The summed E-state index contributed by atoms with van der Waals surface area (Å²) in [6.07, 6.45) is 7.03. The Morgan fingerprint density at radius 2 is 1.93 bits per heavy atom. The first kappa shape index (κ1) is 16.5. The van der Waals surface area contributed by atoms with Gasteiger partial charge in [-0.1, -0.05) is 0 Å². The molecule has 2 aromatic rings. The van der Waals surface area contributed by atoms with E-state index in [1.807, 2.05) is 4.68 Å². The fraction of sp³-hybridized carbons (Fsp3) is 0.579. The Hall–Kier alpha value is -2.64. The lowest BCUT2D eigenvalue weighted by atomic mass is 9.95. The van der Waals surface area contributed by atoms with Gasteiger partial charge in [-0.3, -0.25) is 14.6 Å². The Bertz CT molecular complexity index is 924. The second-order valence-electron chi connectivity index (χ2n) is 7.92. The summed E-state index contributed by atoms with van der Waals surface area (Å²) in [5, 5.41) is 21.2. The zero-order valence-corrected chi connectivity index (χ0v) is 15.2. The summed E-state index contributed by atoms with van der Waals surface area (Å²) >= 11 is 0. The zero-order valence-electron chi connectivity index (χ0n) is 15.2. The van der Waals surface area contributed by atoms with E-state index < -0.39 is 5.97 Å². The average molecular weight is 369 g/mol. The van der Waals surface area contributed by atoms with Crippen LogP contribution in [0, 0.1) is 5.92 Å². The zero-order chi connectivity index (χ0) is 18.5. The Kier molecular flexibility index (Phi) is 3.80. The number of carbonyl (C=O) groups is 2. The third-order valence-electron chi connectivity index (χ3n) is 6.01. The lowest BCUT2D eigenvalue weighted by molar-refractivity contribution is 0.0672. The van der Waals surface area contributed by atoms with Gasteiger partial charge >= 0.3 is 5.97 Å². The molecule has 5 rings (SSSR count). The number of nitrogens with zero attached hydrogens (tertiary/aromatic N) is 4. The third kappa shape index (κ3) is 2.83. The normalized spacial score (nSPS) is 18.9. The molecule has 0 saturated heterocycles. The van der Waals surface area contributed by atoms with E-state index in [2.05, 4.69) is 15.3 Å². The maximum absolute atomic E-state index is 13.1. The third-order valence-corrected chi connectivity index (χ3v) is 6.01. The molecule has 2 aromatic heterocycles. The van der Waals surface area contributed by atoms with E-state index in [1.54, 1.807) is 4.90 Å². The van der Waals surface area contributed by atoms with Gasteiger partial charge in [0.1, 0.15) is 0 Å². The van der Waals surface area contributed by atoms with E-state index >= 15 is 0 Å². The predicted octanol–water partition coefficient (Wildman–Crippen LogP) is 1.79. The molecule has 1 fully saturated rings. The highest BCUT2D eigenvalue weighted by molar-refractivity contribution is 5.94. The summed E-state index contributed by atoms with van der Waals surface area (Å²) < 4.78 is 1.87. The molecule has 1 saturated carbocycles. The Morgan fingerprint density at radius 3 is 2.70 bits per heavy atom. The van der Waals surface area contributed by atoms with Crippen molar-refractivity contribution in [2.24, 2.45) is 5.92 Å². The minimum atomic E-state index is -1.02. The second-order valence-corrected chi connectivity index (χ2v) is 7.92. The topological polar surface area (TPSA) is 104 Å². The van der Waals surface area contributed by atoms with Crippen molar-refractivity contribution >= 4 is 11.9 Å². The van der Waals surface area contributed by atoms with Crippen LogP contribution in [0.3, 0.4) is 0 Å². The van der Waals surface area contributed by atoms with Crippen LogP contribution < -0.4 is 0 Å². The van der Waals surface area contributed by atoms with Crippen LogP contribution in [-0.4, -0.2) is 48.4 Å². The molecular weight excluding hydrogens is 346 g/mol. The van der Waals surface area contributed by atoms with E-state index in [0.717, 1.165) is 49.2 Å². The number of amides is 1. The molecule has 27 heavy (non-hydrogen) atoms. The van der Waals surface area contributed by atoms with Gasteiger partial charge in [-0.2, -0.15) is 10.2 Å². The molecule has 2 aliphatic carbocycles. The van der Waals surface area contributed by atoms with Gasteiger partial charge in [0, 0.05) is 42.0 Å². The smallest absolute Gasteiger partial charge is 0.356 e. The van der Waals surface area contributed by atoms with E-state index in [1.165, 1.54) is 12.8 Å². The maximum atomic E-state index is 13.1. The number of H-pyrrole nitrogens is 1. The monoisotopic (exact) mass is 369 g/mol. The quantitative estimate of drug-likeness (QED) is 0.855. The number of nitrogens with one attached hydrogen (secondary N) is 1. The van der Waals surface area contributed by atoms with Crippen molar-refractivity contribution in [1.82, 2.24) is 24.9 Å². The second kappa shape index (κ2) is 6.21. The highest BCUT2D eigenvalue weighted by Crippen LogP contribution is 2.33. The predicted molar refractivity (Wildman–Crippen MR) is 95.6 cm³/mol. The molecule has 1 aliphatic heterocycles. The molecule has 8 nitrogen and oxygen atoms in total. The molecule has 1 amide bonds. The summed E-state index contributed by atoms with van der Waals surface area (Å²) in [6.45, 7) is 1.65. The molecule has 0 unspecified atom stereocenters. The number of aryl methyl sites for hydroxylation is 1. The summed E-state index contributed by atoms with van der Waals surface area (Å²) in [4.78, 5) is 26.5. The number of fused-ring (bicyclic) bond motifs is 2. The average Bonchev–Trinajstić information content (AvgIpc) is 3.27. The van der Waals surface area contributed by atoms with E-state index in [9.17, 15) is 14.7 Å². The number of aromatic nitrogens is 4. The van der Waals surface area contributed by atoms with Gasteiger partial charge in [-0.05, 0) is 44.4 Å². The number of carboxylic acids is 1. The first-order valence-corrected chi connectivity index (χ1v) is 9.79. The van der Waals surface area contributed by atoms with Crippen molar-refractivity contribution in [3.05, 3.63) is 33.9 Å². The fourth-order valence-corrected chi connectivity index (χ4v) is 4.34. The molecule has 0 bridgehead atoms. The highest BCUT2D eigenvalue weighted by Gasteiger charge is 2.34. The van der Waals surface area contributed by atoms with Crippen LogP contribution in [0.2, 0.25) is 0 Å². The minimum absolute atomic E-state index is 0.0900. The van der Waals surface area contributed by atoms with Crippen LogP contribution in [-0.2, 0) is 32.4 Å². The molecule has 0 radical (unpaired) electrons. The Labute approximate surface area is 156 Å². The minimum Gasteiger partial charge on any atom is -0.476 e. The van der Waals surface area contributed by atoms with Crippen molar-refractivity contribution < 1.29 is 14.7 Å². The van der Waals surface area contributed by atoms with Gasteiger partial charge in [0.15, 0.2) is 11.4 Å². The lowest BCUT2D eigenvalue weighted by Crippen LogP contribution is -2.37. The molecule has 3 aliphatic rings. The van der Waals surface area contributed by atoms with E-state index in [0.29, 0.717) is 36.7 Å². The van der Waals surface area contributed by atoms with Crippen LogP contribution in [0.1, 0.15) is 69.2 Å². The van der Waals surface area contributed by atoms with Crippen molar-refractivity contribution in [2.45, 2.75) is 58.0 Å². The molecule has 0 aromatic carbocycles. The van der Waals surface area contributed by atoms with Crippen LogP contribution in [0.15, 0.2) is 0 Å². The molecular formula is C19H23N5O3. The van der Waals surface area contributed by atoms with Crippen molar-refractivity contribution in [3.8, 4) is 0 Å². The van der Waals surface area contributed by atoms with E-state index in [4.69, 9.17) is 0 Å². The van der Waals surface area contributed by atoms with Crippen LogP contribution >= 0.6 is 0 Å². The van der Waals surface area contributed by atoms with Gasteiger partial charge in [0.05, 0.1) is 6.54 Å². The highest BCUT2D eigenvalue weighted by atomic mass is 16.4. The van der Waals surface area contributed by atoms with Gasteiger partial charge in [-0.15, -0.1) is 0 Å². The summed E-state index contributed by atoms with van der Waals surface area (Å²) in [6, 6.07) is 0. The van der Waals surface area contributed by atoms with Gasteiger partial charge in [-0.25, -0.2) is 4.79 Å². The van der Waals surface area contributed by atoms with Crippen LogP contribution in [0.5, 0.6) is 0 Å². The number of carboxylic acid groups (broad SMARTS) is 1. The number of hydrogen-bond acceptors (Lipinski definition) is 4. The molecule has 8 heteroatoms. The molecule has 0 spiro atoms. The fourth-order valence-electron chi connectivity index (χ4n) is 4.34. The number of aromatic amines is 1. The van der Waals surface area contributed by atoms with Crippen molar-refractivity contribution in [2.75, 3.05) is 6.54 Å². The van der Waals surface area contributed by atoms with Gasteiger partial charge < -0.3 is 10.0 Å². The summed E-state index contributed by atoms with van der Waals surface area (Å²) in [5.41, 5.74) is 4.38. The maximum Gasteiger partial charge on any atom is 0.356 e. The van der Waals surface area contributed by atoms with Crippen LogP contribution in [0.25, 0.3) is 0 Å². The molecule has 0 atom stereocenters. The van der Waals surface area contributed by atoms with Crippen molar-refractivity contribution in [1.29, 1.82) is 0 Å². The largest absolute Gasteiger partial charge is 0.476 e. The first-order valence-electron chi connectivity index (χ1n) is 9.79. The number of carbonyl (C=O) groups excluding carboxylic acids is 1. The van der Waals surface area contributed by atoms with Gasteiger partial charge in [0.25, 0.3) is 5.91 Å². The van der Waals surface area contributed by atoms with Crippen LogP contribution in [0.4, 0.5) is 0 Å². The Balaban J connectivity index is 1.43. The standard InChI is InChI=1S/C19H23N5O3/c25-18(16-12-3-1-2-4-14(12)20-21-16)23-8-7-15-13(10-23)17(19(26)27)22-24(15)9-11-5-6-11/h11H,1-10H2,(H,20,21)(H,26,27). The van der Waals surface area contributed by atoms with E-state index in [-0.39, 0.29) is 11.6 Å². The Morgan fingerprint density at radius 1 is 1.11 bits per heavy atom. The van der Waals surface area contributed by atoms with Crippen molar-refractivity contribution in [3.63, 3.8) is 0 Å². The number of rotatable bonds is 4. The SMILES string of the molecule is O=C(O)c1nn(CC2CC2)c2c1CN(C(=O)c1n[nH]c3c1CCCC3)CC2. The molecule has 3 heterocycles. The number of hydrogen-bond donors (Lipinski definition) is 2.